The molecule has 0 atom stereocenters. The van der Waals surface area contributed by atoms with E-state index in [0.29, 0.717) is 11.5 Å². The molecule has 1 saturated carbocycles. The Hall–Kier alpha value is -3.58. The minimum absolute atomic E-state index is 0. The molecule has 0 aliphatic heterocycles. The maximum absolute atomic E-state index is 11.7. The Bertz CT molecular complexity index is 1780. The zero-order chi connectivity index (χ0) is 36.3. The summed E-state index contributed by atoms with van der Waals surface area (Å²) in [4.78, 5) is 16.4. The van der Waals surface area contributed by atoms with E-state index in [9.17, 15) is 15.2 Å². The SMILES string of the molecule is CC(C)(C)Cc1ccc(-c2cc(-c3[c-]c4ccccc4c(C4CCCCC4)c3)ncc2C#N)cc1.CCC(CC)C(=O)/C=C(\O)C(CC)CC.[Ir]. The van der Waals surface area contributed by atoms with E-state index in [1.54, 1.807) is 6.20 Å². The summed E-state index contributed by atoms with van der Waals surface area (Å²) in [6.45, 7) is 14.8. The monoisotopic (exact) mass is 862 g/mol. The van der Waals surface area contributed by atoms with Gasteiger partial charge in [0.2, 0.25) is 0 Å². The fraction of sp³-hybridized carbons (Fsp3) is 0.457. The molecule has 5 heteroatoms. The molecule has 5 rings (SSSR count). The van der Waals surface area contributed by atoms with Gasteiger partial charge in [-0.05, 0) is 73.0 Å². The predicted molar refractivity (Wildman–Crippen MR) is 209 cm³/mol. The number of fused-ring (bicyclic) bond motifs is 1. The average molecular weight is 862 g/mol. The quantitative estimate of drug-likeness (QED) is 0.0926. The molecular formula is C46H57IrN2O2-. The summed E-state index contributed by atoms with van der Waals surface area (Å²) >= 11 is 0. The van der Waals surface area contributed by atoms with Crippen molar-refractivity contribution in [2.24, 2.45) is 17.3 Å². The Morgan fingerprint density at radius 1 is 0.941 bits per heavy atom. The topological polar surface area (TPSA) is 74.0 Å². The van der Waals surface area contributed by atoms with Crippen molar-refractivity contribution in [3.63, 3.8) is 0 Å². The standard InChI is InChI=1S/C33H33N2.C13H24O2.Ir/c1-33(2,3)20-23-13-15-25(16-14-23)30-19-32(35-22-28(30)21-34)27-17-26-11-7-8-12-29(26)31(18-27)24-9-5-4-6-10-24;1-5-10(6-2)12(14)9-13(15)11(7-3)8-4;/h7-8,11-16,18-19,22,24H,4-6,9-10,20H2,1-3H3;9-11,14H,5-8H2,1-4H3;/q-1;;/b;12-9-;. The van der Waals surface area contributed by atoms with E-state index in [4.69, 9.17) is 4.98 Å². The zero-order valence-corrected chi connectivity index (χ0v) is 34.2. The largest absolute Gasteiger partial charge is 0.512 e. The van der Waals surface area contributed by atoms with Crippen LogP contribution in [0.15, 0.2) is 78.7 Å². The molecule has 4 nitrogen and oxygen atoms in total. The summed E-state index contributed by atoms with van der Waals surface area (Å²) in [7, 11) is 0. The molecule has 273 valence electrons. The van der Waals surface area contributed by atoms with E-state index in [0.717, 1.165) is 59.9 Å². The van der Waals surface area contributed by atoms with Crippen molar-refractivity contribution in [2.75, 3.05) is 0 Å². The van der Waals surface area contributed by atoms with Crippen molar-refractivity contribution in [3.05, 3.63) is 101 Å². The summed E-state index contributed by atoms with van der Waals surface area (Å²) in [6.07, 6.45) is 14.1. The van der Waals surface area contributed by atoms with Crippen LogP contribution in [0.5, 0.6) is 0 Å². The first-order valence-corrected chi connectivity index (χ1v) is 18.9. The Morgan fingerprint density at radius 2 is 1.57 bits per heavy atom. The van der Waals surface area contributed by atoms with Crippen LogP contribution < -0.4 is 0 Å². The molecule has 1 aromatic heterocycles. The second-order valence-corrected chi connectivity index (χ2v) is 15.2. The van der Waals surface area contributed by atoms with Crippen LogP contribution in [0.1, 0.15) is 129 Å². The molecule has 0 spiro atoms. The number of aliphatic hydroxyl groups excluding tert-OH is 1. The molecular weight excluding hydrogens is 805 g/mol. The number of rotatable bonds is 11. The summed E-state index contributed by atoms with van der Waals surface area (Å²) in [5.74, 6) is 1.14. The number of ketones is 1. The third-order valence-corrected chi connectivity index (χ3v) is 10.2. The minimum Gasteiger partial charge on any atom is -0.512 e. The first-order valence-electron chi connectivity index (χ1n) is 18.9. The van der Waals surface area contributed by atoms with E-state index in [1.165, 1.54) is 54.7 Å². The van der Waals surface area contributed by atoms with Crippen molar-refractivity contribution in [2.45, 2.75) is 119 Å². The zero-order valence-electron chi connectivity index (χ0n) is 31.8. The molecule has 0 saturated heterocycles. The molecule has 1 heterocycles. The molecule has 1 radical (unpaired) electrons. The molecule has 1 fully saturated rings. The maximum atomic E-state index is 11.7. The normalized spacial score (nSPS) is 13.8. The second-order valence-electron chi connectivity index (χ2n) is 15.2. The predicted octanol–water partition coefficient (Wildman–Crippen LogP) is 12.7. The number of nitrogens with zero attached hydrogens (tertiary/aromatic N) is 2. The number of carbonyl (C=O) groups excluding carboxylic acids is 1. The molecule has 51 heavy (non-hydrogen) atoms. The average Bonchev–Trinajstić information content (AvgIpc) is 3.12. The van der Waals surface area contributed by atoms with Gasteiger partial charge in [-0.25, -0.2) is 0 Å². The van der Waals surface area contributed by atoms with Gasteiger partial charge in [-0.15, -0.1) is 29.1 Å². The van der Waals surface area contributed by atoms with Crippen LogP contribution in [-0.2, 0) is 31.3 Å². The fourth-order valence-electron chi connectivity index (χ4n) is 7.27. The van der Waals surface area contributed by atoms with Gasteiger partial charge in [0.1, 0.15) is 6.07 Å². The van der Waals surface area contributed by atoms with Gasteiger partial charge in [-0.3, -0.25) is 9.78 Å². The maximum Gasteiger partial charge on any atom is 0.162 e. The third kappa shape index (κ3) is 11.5. The van der Waals surface area contributed by atoms with Crippen molar-refractivity contribution < 1.29 is 30.0 Å². The van der Waals surface area contributed by atoms with Crippen LogP contribution in [0.2, 0.25) is 0 Å². The summed E-state index contributed by atoms with van der Waals surface area (Å²) < 4.78 is 0. The smallest absolute Gasteiger partial charge is 0.162 e. The van der Waals surface area contributed by atoms with Gasteiger partial charge < -0.3 is 5.11 Å². The second kappa shape index (κ2) is 19.9. The number of aliphatic hydroxyl groups is 1. The number of carbonyl (C=O) groups is 1. The fourth-order valence-corrected chi connectivity index (χ4v) is 7.27. The summed E-state index contributed by atoms with van der Waals surface area (Å²) in [5.41, 5.74) is 7.45. The minimum atomic E-state index is 0. The molecule has 3 aromatic carbocycles. The Morgan fingerprint density at radius 3 is 2.16 bits per heavy atom. The van der Waals surface area contributed by atoms with Crippen molar-refractivity contribution in [1.82, 2.24) is 4.98 Å². The molecule has 1 aliphatic carbocycles. The van der Waals surface area contributed by atoms with E-state index in [-0.39, 0.29) is 48.9 Å². The number of aromatic nitrogens is 1. The molecule has 0 bridgehead atoms. The summed E-state index contributed by atoms with van der Waals surface area (Å²) in [6, 6.07) is 27.6. The van der Waals surface area contributed by atoms with Crippen molar-refractivity contribution in [3.8, 4) is 28.5 Å². The van der Waals surface area contributed by atoms with Crippen LogP contribution >= 0.6 is 0 Å². The number of nitriles is 1. The molecule has 4 aromatic rings. The van der Waals surface area contributed by atoms with Crippen LogP contribution in [0.25, 0.3) is 33.2 Å². The van der Waals surface area contributed by atoms with Gasteiger partial charge in [0.05, 0.1) is 11.3 Å². The molecule has 1 N–H and O–H groups in total. The summed E-state index contributed by atoms with van der Waals surface area (Å²) in [5, 5.41) is 22.0. The molecule has 1 aliphatic rings. The van der Waals surface area contributed by atoms with Gasteiger partial charge in [0.25, 0.3) is 0 Å². The number of hydrogen-bond donors (Lipinski definition) is 1. The van der Waals surface area contributed by atoms with E-state index in [1.807, 2.05) is 27.7 Å². The molecule has 0 unspecified atom stereocenters. The Balaban J connectivity index is 0.000000374. The Kier molecular flexibility index (Phi) is 16.3. The van der Waals surface area contributed by atoms with E-state index >= 15 is 0 Å². The van der Waals surface area contributed by atoms with Gasteiger partial charge in [-0.2, -0.15) is 5.26 Å². The number of allylic oxidation sites excluding steroid dienone is 2. The van der Waals surface area contributed by atoms with Crippen LogP contribution in [-0.4, -0.2) is 15.9 Å². The third-order valence-electron chi connectivity index (χ3n) is 10.2. The number of pyridine rings is 1. The Labute approximate surface area is 321 Å². The van der Waals surface area contributed by atoms with Crippen LogP contribution in [0, 0.1) is 34.6 Å². The first kappa shape index (κ1) is 41.8. The van der Waals surface area contributed by atoms with E-state index < -0.39 is 0 Å². The number of hydrogen-bond acceptors (Lipinski definition) is 4. The van der Waals surface area contributed by atoms with Gasteiger partial charge in [-0.1, -0.05) is 127 Å². The molecule has 0 amide bonds. The van der Waals surface area contributed by atoms with Crippen LogP contribution in [0.3, 0.4) is 0 Å². The van der Waals surface area contributed by atoms with Gasteiger partial charge in [0.15, 0.2) is 5.78 Å². The van der Waals surface area contributed by atoms with E-state index in [2.05, 4.69) is 93.6 Å². The van der Waals surface area contributed by atoms with Gasteiger partial charge in [0, 0.05) is 49.9 Å². The van der Waals surface area contributed by atoms with Crippen molar-refractivity contribution >= 4 is 16.6 Å². The van der Waals surface area contributed by atoms with Gasteiger partial charge >= 0.3 is 0 Å². The number of benzene rings is 3. The van der Waals surface area contributed by atoms with Crippen LogP contribution in [0.4, 0.5) is 0 Å². The first-order chi connectivity index (χ1) is 24.0. The van der Waals surface area contributed by atoms with Crippen molar-refractivity contribution in [1.29, 1.82) is 5.26 Å².